The van der Waals surface area contributed by atoms with Crippen LogP contribution in [0.2, 0.25) is 0 Å². The van der Waals surface area contributed by atoms with Gasteiger partial charge in [-0.1, -0.05) is 0 Å². The van der Waals surface area contributed by atoms with E-state index in [1.165, 1.54) is 0 Å². The molecule has 5 heteroatoms. The minimum Gasteiger partial charge on any atom is -0.464 e. The van der Waals surface area contributed by atoms with E-state index in [-0.39, 0.29) is 11.4 Å². The van der Waals surface area contributed by atoms with Gasteiger partial charge in [0.25, 0.3) is 0 Å². The predicted octanol–water partition coefficient (Wildman–Crippen LogP) is 2.54. The summed E-state index contributed by atoms with van der Waals surface area (Å²) in [6.07, 6.45) is 3.72. The summed E-state index contributed by atoms with van der Waals surface area (Å²) < 4.78 is 5.29. The number of carbonyl (C=O) groups is 1. The Morgan fingerprint density at radius 1 is 1.37 bits per heavy atom. The van der Waals surface area contributed by atoms with Crippen LogP contribution in [0.4, 0.5) is 5.82 Å². The lowest BCUT2D eigenvalue weighted by atomic mass is 10.1. The first kappa shape index (κ1) is 13.4. The normalized spacial score (nSPS) is 11.5. The van der Waals surface area contributed by atoms with E-state index in [9.17, 15) is 4.79 Å². The van der Waals surface area contributed by atoms with Crippen LogP contribution in [0, 0.1) is 0 Å². The molecule has 0 saturated carbocycles. The smallest absolute Gasteiger partial charge is 0.222 e. The Kier molecular flexibility index (Phi) is 3.74. The van der Waals surface area contributed by atoms with Gasteiger partial charge < -0.3 is 15.1 Å². The van der Waals surface area contributed by atoms with Gasteiger partial charge in [-0.15, -0.1) is 0 Å². The topological polar surface area (TPSA) is 67.2 Å². The minimum absolute atomic E-state index is 0.0272. The SMILES string of the molecule is CC(C)(C)NC(=O)CCNc1nccc2occc12. The average Bonchev–Trinajstić information content (AvgIpc) is 2.75. The summed E-state index contributed by atoms with van der Waals surface area (Å²) in [6, 6.07) is 3.67. The van der Waals surface area contributed by atoms with E-state index in [0.717, 1.165) is 16.8 Å². The number of hydrogen-bond acceptors (Lipinski definition) is 4. The Hall–Kier alpha value is -2.04. The Bertz CT molecular complexity index is 569. The molecule has 0 spiro atoms. The van der Waals surface area contributed by atoms with Crippen molar-refractivity contribution in [3.8, 4) is 0 Å². The Labute approximate surface area is 112 Å². The number of carbonyl (C=O) groups excluding carboxylic acids is 1. The van der Waals surface area contributed by atoms with Gasteiger partial charge in [0, 0.05) is 24.7 Å². The molecule has 19 heavy (non-hydrogen) atoms. The molecule has 0 aliphatic heterocycles. The zero-order chi connectivity index (χ0) is 13.9. The van der Waals surface area contributed by atoms with Gasteiger partial charge in [-0.3, -0.25) is 4.79 Å². The molecule has 2 aromatic heterocycles. The third-order valence-corrected chi connectivity index (χ3v) is 2.54. The lowest BCUT2D eigenvalue weighted by Gasteiger charge is -2.20. The summed E-state index contributed by atoms with van der Waals surface area (Å²) >= 11 is 0. The second-order valence-electron chi connectivity index (χ2n) is 5.47. The van der Waals surface area contributed by atoms with E-state index in [1.54, 1.807) is 12.5 Å². The van der Waals surface area contributed by atoms with Crippen LogP contribution < -0.4 is 10.6 Å². The number of fused-ring (bicyclic) bond motifs is 1. The maximum Gasteiger partial charge on any atom is 0.222 e. The van der Waals surface area contributed by atoms with Crippen molar-refractivity contribution >= 4 is 22.7 Å². The maximum atomic E-state index is 11.7. The standard InChI is InChI=1S/C14H19N3O2/c1-14(2,3)17-12(18)5-8-16-13-10-6-9-19-11(10)4-7-15-13/h4,6-7,9H,5,8H2,1-3H3,(H,15,16)(H,17,18). The third-order valence-electron chi connectivity index (χ3n) is 2.54. The minimum atomic E-state index is -0.195. The van der Waals surface area contributed by atoms with Crippen molar-refractivity contribution in [1.29, 1.82) is 0 Å². The van der Waals surface area contributed by atoms with E-state index < -0.39 is 0 Å². The van der Waals surface area contributed by atoms with E-state index in [2.05, 4.69) is 15.6 Å². The Balaban J connectivity index is 1.89. The molecule has 1 amide bonds. The number of amides is 1. The van der Waals surface area contributed by atoms with E-state index >= 15 is 0 Å². The lowest BCUT2D eigenvalue weighted by molar-refractivity contribution is -0.122. The van der Waals surface area contributed by atoms with Crippen LogP contribution >= 0.6 is 0 Å². The number of anilines is 1. The molecule has 0 radical (unpaired) electrons. The highest BCUT2D eigenvalue weighted by molar-refractivity contribution is 5.88. The zero-order valence-electron chi connectivity index (χ0n) is 11.5. The molecular formula is C14H19N3O2. The molecule has 2 N–H and O–H groups in total. The summed E-state index contributed by atoms with van der Waals surface area (Å²) in [5.74, 6) is 0.772. The number of nitrogens with one attached hydrogen (secondary N) is 2. The fourth-order valence-electron chi connectivity index (χ4n) is 1.81. The van der Waals surface area contributed by atoms with Gasteiger partial charge >= 0.3 is 0 Å². The van der Waals surface area contributed by atoms with Crippen LogP contribution in [0.15, 0.2) is 29.0 Å². The number of rotatable bonds is 4. The third kappa shape index (κ3) is 3.71. The van der Waals surface area contributed by atoms with Crippen LogP contribution in [0.1, 0.15) is 27.2 Å². The van der Waals surface area contributed by atoms with Gasteiger partial charge in [0.15, 0.2) is 0 Å². The molecule has 2 rings (SSSR count). The van der Waals surface area contributed by atoms with Gasteiger partial charge in [-0.2, -0.15) is 0 Å². The van der Waals surface area contributed by atoms with Crippen molar-refractivity contribution in [3.05, 3.63) is 24.6 Å². The first-order valence-corrected chi connectivity index (χ1v) is 6.33. The molecule has 0 aliphatic rings. The van der Waals surface area contributed by atoms with Crippen molar-refractivity contribution in [3.63, 3.8) is 0 Å². The molecule has 2 aromatic rings. The second kappa shape index (κ2) is 5.30. The lowest BCUT2D eigenvalue weighted by Crippen LogP contribution is -2.41. The molecule has 102 valence electrons. The molecule has 0 atom stereocenters. The molecule has 0 saturated heterocycles. The van der Waals surface area contributed by atoms with Crippen molar-refractivity contribution in [1.82, 2.24) is 10.3 Å². The monoisotopic (exact) mass is 261 g/mol. The summed E-state index contributed by atoms with van der Waals surface area (Å²) in [4.78, 5) is 15.9. The quantitative estimate of drug-likeness (QED) is 0.887. The van der Waals surface area contributed by atoms with Crippen LogP contribution in [-0.2, 0) is 4.79 Å². The number of nitrogens with zero attached hydrogens (tertiary/aromatic N) is 1. The highest BCUT2D eigenvalue weighted by atomic mass is 16.3. The largest absolute Gasteiger partial charge is 0.464 e. The summed E-state index contributed by atoms with van der Waals surface area (Å²) in [5, 5.41) is 7.01. The van der Waals surface area contributed by atoms with Crippen LogP contribution in [0.5, 0.6) is 0 Å². The predicted molar refractivity (Wildman–Crippen MR) is 75.0 cm³/mol. The molecule has 2 heterocycles. The van der Waals surface area contributed by atoms with Crippen molar-refractivity contribution in [2.75, 3.05) is 11.9 Å². The van der Waals surface area contributed by atoms with Crippen LogP contribution in [0.25, 0.3) is 11.0 Å². The maximum absolute atomic E-state index is 11.7. The number of furan rings is 1. The first-order chi connectivity index (χ1) is 8.96. The highest BCUT2D eigenvalue weighted by Crippen LogP contribution is 2.21. The molecule has 0 unspecified atom stereocenters. The first-order valence-electron chi connectivity index (χ1n) is 6.33. The highest BCUT2D eigenvalue weighted by Gasteiger charge is 2.13. The van der Waals surface area contributed by atoms with Gasteiger partial charge in [-0.25, -0.2) is 4.98 Å². The Morgan fingerprint density at radius 3 is 2.89 bits per heavy atom. The summed E-state index contributed by atoms with van der Waals surface area (Å²) in [5.41, 5.74) is 0.594. The van der Waals surface area contributed by atoms with Crippen molar-refractivity contribution in [2.45, 2.75) is 32.7 Å². The van der Waals surface area contributed by atoms with Gasteiger partial charge in [-0.05, 0) is 32.9 Å². The number of aromatic nitrogens is 1. The molecule has 0 aromatic carbocycles. The molecular weight excluding hydrogens is 242 g/mol. The van der Waals surface area contributed by atoms with Gasteiger partial charge in [0.2, 0.25) is 5.91 Å². The van der Waals surface area contributed by atoms with Crippen molar-refractivity contribution < 1.29 is 9.21 Å². The summed E-state index contributed by atoms with van der Waals surface area (Å²) in [7, 11) is 0. The van der Waals surface area contributed by atoms with Gasteiger partial charge in [0.05, 0.1) is 11.6 Å². The number of pyridine rings is 1. The second-order valence-corrected chi connectivity index (χ2v) is 5.47. The van der Waals surface area contributed by atoms with E-state index in [1.807, 2.05) is 32.9 Å². The van der Waals surface area contributed by atoms with Crippen LogP contribution in [-0.4, -0.2) is 23.0 Å². The molecule has 5 nitrogen and oxygen atoms in total. The fourth-order valence-corrected chi connectivity index (χ4v) is 1.81. The van der Waals surface area contributed by atoms with Crippen molar-refractivity contribution in [2.24, 2.45) is 0 Å². The van der Waals surface area contributed by atoms with Gasteiger partial charge in [0.1, 0.15) is 11.4 Å². The molecule has 0 fully saturated rings. The number of hydrogen-bond donors (Lipinski definition) is 2. The summed E-state index contributed by atoms with van der Waals surface area (Å²) in [6.45, 7) is 6.43. The Morgan fingerprint density at radius 2 is 2.16 bits per heavy atom. The molecule has 0 bridgehead atoms. The zero-order valence-corrected chi connectivity index (χ0v) is 11.5. The average molecular weight is 261 g/mol. The van der Waals surface area contributed by atoms with E-state index in [4.69, 9.17) is 4.42 Å². The fraction of sp³-hybridized carbons (Fsp3) is 0.429. The van der Waals surface area contributed by atoms with Crippen LogP contribution in [0.3, 0.4) is 0 Å². The molecule has 0 aliphatic carbocycles. The van der Waals surface area contributed by atoms with E-state index in [0.29, 0.717) is 13.0 Å².